The van der Waals surface area contributed by atoms with Gasteiger partial charge in [-0.05, 0) is 30.9 Å². The number of nitrogens with one attached hydrogen (secondary N) is 1. The first-order chi connectivity index (χ1) is 12.2. The van der Waals surface area contributed by atoms with Crippen molar-refractivity contribution < 1.29 is 14.3 Å². The highest BCUT2D eigenvalue weighted by molar-refractivity contribution is 5.95. The fraction of sp³-hybridized carbons (Fsp3) is 0.450. The van der Waals surface area contributed by atoms with E-state index in [4.69, 9.17) is 4.42 Å². The molecule has 1 aliphatic heterocycles. The van der Waals surface area contributed by atoms with E-state index >= 15 is 0 Å². The maximum Gasteiger partial charge on any atom is 0.254 e. The predicted octanol–water partition coefficient (Wildman–Crippen LogP) is 2.52. The van der Waals surface area contributed by atoms with E-state index in [1.807, 2.05) is 18.2 Å². The quantitative estimate of drug-likeness (QED) is 0.848. The van der Waals surface area contributed by atoms with E-state index in [9.17, 15) is 9.90 Å². The van der Waals surface area contributed by atoms with Gasteiger partial charge in [0.25, 0.3) is 5.91 Å². The summed E-state index contributed by atoms with van der Waals surface area (Å²) in [5, 5.41) is 13.1. The third-order valence-electron chi connectivity index (χ3n) is 5.12. The van der Waals surface area contributed by atoms with Crippen LogP contribution in [0.25, 0.3) is 0 Å². The van der Waals surface area contributed by atoms with Crippen molar-refractivity contribution in [1.82, 2.24) is 10.2 Å². The first kappa shape index (κ1) is 16.4. The van der Waals surface area contributed by atoms with Crippen LogP contribution in [0.5, 0.6) is 0 Å². The second-order valence-electron chi connectivity index (χ2n) is 7.14. The van der Waals surface area contributed by atoms with Crippen molar-refractivity contribution in [3.8, 4) is 0 Å². The number of furan rings is 1. The molecule has 2 fully saturated rings. The molecule has 2 atom stereocenters. The highest BCUT2D eigenvalue weighted by Crippen LogP contribution is 2.42. The van der Waals surface area contributed by atoms with Crippen molar-refractivity contribution in [2.75, 3.05) is 13.1 Å². The lowest BCUT2D eigenvalue weighted by Gasteiger charge is -2.24. The van der Waals surface area contributed by atoms with Crippen molar-refractivity contribution in [3.05, 3.63) is 59.5 Å². The molecule has 25 heavy (non-hydrogen) atoms. The van der Waals surface area contributed by atoms with Gasteiger partial charge in [-0.2, -0.15) is 0 Å². The Hall–Kier alpha value is -2.11. The molecule has 1 saturated carbocycles. The van der Waals surface area contributed by atoms with Gasteiger partial charge in [-0.25, -0.2) is 0 Å². The van der Waals surface area contributed by atoms with Crippen LogP contribution in [0.3, 0.4) is 0 Å². The number of aliphatic hydroxyl groups excluding tert-OH is 1. The first-order valence-electron chi connectivity index (χ1n) is 9.02. The highest BCUT2D eigenvalue weighted by atomic mass is 16.3. The Balaban J connectivity index is 1.37. The lowest BCUT2D eigenvalue weighted by Crippen LogP contribution is -2.39. The Kier molecular flexibility index (Phi) is 4.59. The second-order valence-corrected chi connectivity index (χ2v) is 7.14. The molecule has 2 aromatic rings. The summed E-state index contributed by atoms with van der Waals surface area (Å²) >= 11 is 0. The van der Waals surface area contributed by atoms with E-state index in [1.165, 1.54) is 5.56 Å². The Morgan fingerprint density at radius 3 is 2.80 bits per heavy atom. The number of hydrogen-bond donors (Lipinski definition) is 2. The third kappa shape index (κ3) is 3.78. The maximum absolute atomic E-state index is 12.5. The van der Waals surface area contributed by atoms with E-state index in [2.05, 4.69) is 22.3 Å². The Morgan fingerprint density at radius 2 is 2.04 bits per heavy atom. The molecule has 2 heterocycles. The smallest absolute Gasteiger partial charge is 0.254 e. The molecular formula is C20H24N2O3. The molecule has 0 unspecified atom stereocenters. The molecule has 1 aromatic carbocycles. The molecule has 0 spiro atoms. The van der Waals surface area contributed by atoms with Crippen LogP contribution in [0.2, 0.25) is 0 Å². The first-order valence-corrected chi connectivity index (χ1v) is 9.02. The molecule has 5 heteroatoms. The SMILES string of the molecule is O=C(NC[C@@H]1C[C@@H](O)CN1Cc1ccccc1)c1ccoc1C1CC1. The lowest BCUT2D eigenvalue weighted by molar-refractivity contribution is 0.0937. The molecule has 1 amide bonds. The van der Waals surface area contributed by atoms with Crippen LogP contribution < -0.4 is 5.32 Å². The second kappa shape index (κ2) is 7.02. The van der Waals surface area contributed by atoms with E-state index in [0.717, 1.165) is 25.1 Å². The Morgan fingerprint density at radius 1 is 1.24 bits per heavy atom. The molecule has 0 bridgehead atoms. The molecule has 5 nitrogen and oxygen atoms in total. The standard InChI is InChI=1S/C20H24N2O3/c23-17-10-16(22(13-17)12-14-4-2-1-3-5-14)11-21-20(24)18-8-9-25-19(18)15-6-7-15/h1-5,8-9,15-17,23H,6-7,10-13H2,(H,21,24)/t16-,17+/m0/s1. The van der Waals surface area contributed by atoms with Crippen molar-refractivity contribution in [2.24, 2.45) is 0 Å². The summed E-state index contributed by atoms with van der Waals surface area (Å²) in [4.78, 5) is 14.8. The number of rotatable bonds is 6. The van der Waals surface area contributed by atoms with Crippen LogP contribution >= 0.6 is 0 Å². The average molecular weight is 340 g/mol. The highest BCUT2D eigenvalue weighted by Gasteiger charge is 2.33. The van der Waals surface area contributed by atoms with Crippen LogP contribution in [0, 0.1) is 0 Å². The van der Waals surface area contributed by atoms with Gasteiger partial charge in [0.1, 0.15) is 5.76 Å². The minimum absolute atomic E-state index is 0.0725. The Bertz CT molecular complexity index is 724. The topological polar surface area (TPSA) is 65.7 Å². The minimum Gasteiger partial charge on any atom is -0.468 e. The average Bonchev–Trinajstić information content (AvgIpc) is 3.23. The fourth-order valence-corrected chi connectivity index (χ4v) is 3.66. The zero-order valence-corrected chi connectivity index (χ0v) is 14.2. The van der Waals surface area contributed by atoms with Gasteiger partial charge in [-0.1, -0.05) is 30.3 Å². The fourth-order valence-electron chi connectivity index (χ4n) is 3.66. The number of aliphatic hydroxyl groups is 1. The van der Waals surface area contributed by atoms with Gasteiger partial charge in [0, 0.05) is 31.6 Å². The number of benzene rings is 1. The summed E-state index contributed by atoms with van der Waals surface area (Å²) in [6.07, 6.45) is 4.17. The van der Waals surface area contributed by atoms with Gasteiger partial charge < -0.3 is 14.8 Å². The van der Waals surface area contributed by atoms with Gasteiger partial charge in [0.2, 0.25) is 0 Å². The number of carbonyl (C=O) groups is 1. The lowest BCUT2D eigenvalue weighted by atomic mass is 10.1. The minimum atomic E-state index is -0.332. The third-order valence-corrected chi connectivity index (χ3v) is 5.12. The van der Waals surface area contributed by atoms with Crippen LogP contribution in [-0.2, 0) is 6.54 Å². The predicted molar refractivity (Wildman–Crippen MR) is 94.3 cm³/mol. The summed E-state index contributed by atoms with van der Waals surface area (Å²) in [6, 6.07) is 12.1. The van der Waals surface area contributed by atoms with E-state index < -0.39 is 0 Å². The Labute approximate surface area is 147 Å². The number of β-amino-alcohol motifs (C(OH)–C–C–N with tert-alkyl or cyclic N) is 1. The van der Waals surface area contributed by atoms with Gasteiger partial charge in [-0.3, -0.25) is 9.69 Å². The van der Waals surface area contributed by atoms with E-state index in [-0.39, 0.29) is 18.1 Å². The molecule has 132 valence electrons. The summed E-state index contributed by atoms with van der Waals surface area (Å²) in [5.74, 6) is 1.17. The number of hydrogen-bond acceptors (Lipinski definition) is 4. The molecule has 0 radical (unpaired) electrons. The van der Waals surface area contributed by atoms with Gasteiger partial charge in [0.05, 0.1) is 17.9 Å². The van der Waals surface area contributed by atoms with Crippen molar-refractivity contribution >= 4 is 5.91 Å². The van der Waals surface area contributed by atoms with Gasteiger partial charge in [0.15, 0.2) is 0 Å². The molecule has 2 N–H and O–H groups in total. The largest absolute Gasteiger partial charge is 0.468 e. The summed E-state index contributed by atoms with van der Waals surface area (Å²) in [7, 11) is 0. The zero-order chi connectivity index (χ0) is 17.2. The summed E-state index contributed by atoms with van der Waals surface area (Å²) < 4.78 is 5.49. The monoisotopic (exact) mass is 340 g/mol. The molecule has 4 rings (SSSR count). The van der Waals surface area contributed by atoms with E-state index in [0.29, 0.717) is 31.0 Å². The molecule has 1 saturated heterocycles. The molecule has 1 aliphatic carbocycles. The van der Waals surface area contributed by atoms with Crippen LogP contribution in [0.15, 0.2) is 47.1 Å². The maximum atomic E-state index is 12.5. The summed E-state index contributed by atoms with van der Waals surface area (Å²) in [6.45, 7) is 1.98. The van der Waals surface area contributed by atoms with Gasteiger partial charge in [-0.15, -0.1) is 0 Å². The van der Waals surface area contributed by atoms with E-state index in [1.54, 1.807) is 12.3 Å². The number of carbonyl (C=O) groups excluding carboxylic acids is 1. The molecule has 2 aliphatic rings. The van der Waals surface area contributed by atoms with Crippen LogP contribution in [-0.4, -0.2) is 41.1 Å². The van der Waals surface area contributed by atoms with Crippen LogP contribution in [0.4, 0.5) is 0 Å². The van der Waals surface area contributed by atoms with Crippen molar-refractivity contribution in [2.45, 2.75) is 43.9 Å². The van der Waals surface area contributed by atoms with Gasteiger partial charge >= 0.3 is 0 Å². The number of likely N-dealkylation sites (tertiary alicyclic amines) is 1. The summed E-state index contributed by atoms with van der Waals surface area (Å²) in [5.41, 5.74) is 1.88. The molecular weight excluding hydrogens is 316 g/mol. The van der Waals surface area contributed by atoms with Crippen LogP contribution in [0.1, 0.15) is 46.9 Å². The van der Waals surface area contributed by atoms with Crippen molar-refractivity contribution in [1.29, 1.82) is 0 Å². The molecule has 1 aromatic heterocycles. The number of amides is 1. The normalized spacial score (nSPS) is 23.7. The number of nitrogens with zero attached hydrogens (tertiary/aromatic N) is 1. The zero-order valence-electron chi connectivity index (χ0n) is 14.2. The van der Waals surface area contributed by atoms with Crippen molar-refractivity contribution in [3.63, 3.8) is 0 Å².